The molecule has 2 nitrogen and oxygen atoms in total. The highest BCUT2D eigenvalue weighted by molar-refractivity contribution is 6.09. The van der Waals surface area contributed by atoms with E-state index in [1.807, 2.05) is 36.4 Å². The Bertz CT molecular complexity index is 1850. The average molecular weight is 629 g/mol. The highest BCUT2D eigenvalue weighted by Crippen LogP contribution is 2.55. The SMILES string of the molecule is CC(C)(C)CC(Cc1ccc2c(-c3c(O)ccc4ccccc34)c(O)ccc2c1)C(C)(C)C(C)(C)CC(c1ccccc1)C(C)(C)C. The van der Waals surface area contributed by atoms with Crippen molar-refractivity contribution in [3.8, 4) is 22.6 Å². The third kappa shape index (κ3) is 7.23. The van der Waals surface area contributed by atoms with Crippen LogP contribution in [0.2, 0.25) is 0 Å². The summed E-state index contributed by atoms with van der Waals surface area (Å²) in [7, 11) is 0. The Morgan fingerprint density at radius 3 is 1.70 bits per heavy atom. The molecule has 2 unspecified atom stereocenters. The molecule has 0 saturated carbocycles. The van der Waals surface area contributed by atoms with Crippen LogP contribution < -0.4 is 0 Å². The molecule has 2 heteroatoms. The van der Waals surface area contributed by atoms with E-state index < -0.39 is 0 Å². The van der Waals surface area contributed by atoms with Crippen molar-refractivity contribution in [1.29, 1.82) is 0 Å². The van der Waals surface area contributed by atoms with Crippen molar-refractivity contribution in [2.75, 3.05) is 0 Å². The monoisotopic (exact) mass is 628 g/mol. The van der Waals surface area contributed by atoms with Crippen molar-refractivity contribution in [2.45, 2.75) is 94.4 Å². The molecule has 0 aromatic heterocycles. The van der Waals surface area contributed by atoms with Crippen LogP contribution in [0.4, 0.5) is 0 Å². The van der Waals surface area contributed by atoms with Gasteiger partial charge in [-0.3, -0.25) is 0 Å². The van der Waals surface area contributed by atoms with Crippen molar-refractivity contribution in [1.82, 2.24) is 0 Å². The maximum atomic E-state index is 11.2. The lowest BCUT2D eigenvalue weighted by Crippen LogP contribution is -2.43. The van der Waals surface area contributed by atoms with E-state index in [0.29, 0.717) is 23.0 Å². The largest absolute Gasteiger partial charge is 0.507 e. The van der Waals surface area contributed by atoms with Crippen LogP contribution in [0.1, 0.15) is 99.1 Å². The normalized spacial score (nSPS) is 14.4. The predicted octanol–water partition coefficient (Wildman–Crippen LogP) is 12.9. The second-order valence-electron chi connectivity index (χ2n) is 17.5. The van der Waals surface area contributed by atoms with Gasteiger partial charge in [0, 0.05) is 11.1 Å². The summed E-state index contributed by atoms with van der Waals surface area (Å²) in [5, 5.41) is 26.2. The van der Waals surface area contributed by atoms with Crippen LogP contribution in [-0.2, 0) is 6.42 Å². The maximum absolute atomic E-state index is 11.2. The Morgan fingerprint density at radius 2 is 1.11 bits per heavy atom. The zero-order valence-corrected chi connectivity index (χ0v) is 30.4. The number of benzene rings is 5. The van der Waals surface area contributed by atoms with Crippen molar-refractivity contribution >= 4 is 21.5 Å². The molecule has 0 heterocycles. The van der Waals surface area contributed by atoms with E-state index in [1.54, 1.807) is 12.1 Å². The van der Waals surface area contributed by atoms with Crippen LogP contribution in [0, 0.1) is 27.6 Å². The lowest BCUT2D eigenvalue weighted by molar-refractivity contribution is -0.00223. The summed E-state index contributed by atoms with van der Waals surface area (Å²) >= 11 is 0. The Hall–Kier alpha value is -3.78. The number of rotatable bonds is 9. The lowest BCUT2D eigenvalue weighted by Gasteiger charge is -2.51. The average Bonchev–Trinajstić information content (AvgIpc) is 2.99. The Kier molecular flexibility index (Phi) is 9.32. The number of aromatic hydroxyl groups is 2. The molecule has 0 bridgehead atoms. The maximum Gasteiger partial charge on any atom is 0.124 e. The molecule has 2 atom stereocenters. The molecule has 5 aromatic rings. The van der Waals surface area contributed by atoms with E-state index in [1.165, 1.54) is 11.1 Å². The van der Waals surface area contributed by atoms with E-state index >= 15 is 0 Å². The van der Waals surface area contributed by atoms with E-state index in [2.05, 4.69) is 118 Å². The first-order valence-corrected chi connectivity index (χ1v) is 17.4. The summed E-state index contributed by atoms with van der Waals surface area (Å²) in [6.45, 7) is 24.3. The topological polar surface area (TPSA) is 40.5 Å². The number of fused-ring (bicyclic) bond motifs is 2. The van der Waals surface area contributed by atoms with Crippen molar-refractivity contribution in [2.24, 2.45) is 27.6 Å². The van der Waals surface area contributed by atoms with Crippen LogP contribution >= 0.6 is 0 Å². The molecular formula is C45H56O2. The molecule has 0 aliphatic heterocycles. The zero-order chi connectivity index (χ0) is 34.4. The molecule has 0 fully saturated rings. The molecule has 0 saturated heterocycles. The van der Waals surface area contributed by atoms with Crippen LogP contribution in [0.15, 0.2) is 97.1 Å². The van der Waals surface area contributed by atoms with Crippen LogP contribution in [0.25, 0.3) is 32.7 Å². The lowest BCUT2D eigenvalue weighted by atomic mass is 9.53. The summed E-state index contributed by atoms with van der Waals surface area (Å²) in [6.07, 6.45) is 3.21. The third-order valence-corrected chi connectivity index (χ3v) is 11.3. The summed E-state index contributed by atoms with van der Waals surface area (Å²) < 4.78 is 0. The van der Waals surface area contributed by atoms with Crippen LogP contribution in [0.5, 0.6) is 11.5 Å². The van der Waals surface area contributed by atoms with Gasteiger partial charge in [0.2, 0.25) is 0 Å². The number of hydrogen-bond acceptors (Lipinski definition) is 2. The molecule has 2 N–H and O–H groups in total. The Morgan fingerprint density at radius 1 is 0.553 bits per heavy atom. The fraction of sp³-hybridized carbons (Fsp3) is 0.422. The second-order valence-corrected chi connectivity index (χ2v) is 17.5. The minimum absolute atomic E-state index is 0.0440. The molecule has 0 radical (unpaired) electrons. The van der Waals surface area contributed by atoms with Gasteiger partial charge >= 0.3 is 0 Å². The molecular weight excluding hydrogens is 572 g/mol. The fourth-order valence-corrected chi connectivity index (χ4v) is 7.82. The van der Waals surface area contributed by atoms with Crippen LogP contribution in [0.3, 0.4) is 0 Å². The first-order chi connectivity index (χ1) is 21.9. The highest BCUT2D eigenvalue weighted by atomic mass is 16.3. The van der Waals surface area contributed by atoms with E-state index in [9.17, 15) is 10.2 Å². The van der Waals surface area contributed by atoms with E-state index in [0.717, 1.165) is 40.8 Å². The van der Waals surface area contributed by atoms with Crippen molar-refractivity contribution < 1.29 is 10.2 Å². The minimum Gasteiger partial charge on any atom is -0.507 e. The van der Waals surface area contributed by atoms with Gasteiger partial charge in [0.1, 0.15) is 11.5 Å². The van der Waals surface area contributed by atoms with Gasteiger partial charge in [-0.25, -0.2) is 0 Å². The first kappa shape index (κ1) is 34.6. The Balaban J connectivity index is 1.54. The molecule has 47 heavy (non-hydrogen) atoms. The first-order valence-electron chi connectivity index (χ1n) is 17.4. The van der Waals surface area contributed by atoms with Crippen LogP contribution in [-0.4, -0.2) is 10.2 Å². The zero-order valence-electron chi connectivity index (χ0n) is 30.4. The standard InChI is InChI=1S/C45H56O2/c1-42(2,3)28-34(45(9,10)44(7,8)29-37(43(4,5)6)32-17-12-11-13-18-32)27-30-20-23-36-33(26-30)22-25-39(47)41(36)40-35-19-15-14-16-31(35)21-24-38(40)46/h11-26,34,37,46-47H,27-29H2,1-10H3. The molecule has 0 aliphatic rings. The molecule has 248 valence electrons. The molecule has 5 aromatic carbocycles. The van der Waals surface area contributed by atoms with Gasteiger partial charge in [0.05, 0.1) is 0 Å². The van der Waals surface area contributed by atoms with Gasteiger partial charge in [0.25, 0.3) is 0 Å². The van der Waals surface area contributed by atoms with E-state index in [4.69, 9.17) is 0 Å². The van der Waals surface area contributed by atoms with Gasteiger partial charge in [-0.05, 0) is 97.6 Å². The summed E-state index contributed by atoms with van der Waals surface area (Å²) in [4.78, 5) is 0. The van der Waals surface area contributed by atoms with Crippen molar-refractivity contribution in [3.05, 3.63) is 108 Å². The summed E-state index contributed by atoms with van der Waals surface area (Å²) in [5.74, 6) is 1.25. The highest BCUT2D eigenvalue weighted by Gasteiger charge is 2.46. The summed E-state index contributed by atoms with van der Waals surface area (Å²) in [5.41, 5.74) is 4.55. The van der Waals surface area contributed by atoms with Gasteiger partial charge in [-0.15, -0.1) is 0 Å². The number of hydrogen-bond donors (Lipinski definition) is 2. The quantitative estimate of drug-likeness (QED) is 0.170. The number of phenolic OH excluding ortho intramolecular Hbond substituents is 2. The second kappa shape index (κ2) is 12.7. The smallest absolute Gasteiger partial charge is 0.124 e. The Labute approximate surface area is 283 Å². The summed E-state index contributed by atoms with van der Waals surface area (Å²) in [6, 6.07) is 33.3. The van der Waals surface area contributed by atoms with Gasteiger partial charge in [-0.2, -0.15) is 0 Å². The van der Waals surface area contributed by atoms with Crippen molar-refractivity contribution in [3.63, 3.8) is 0 Å². The molecule has 0 amide bonds. The molecule has 5 rings (SSSR count). The third-order valence-electron chi connectivity index (χ3n) is 11.3. The molecule has 0 spiro atoms. The minimum atomic E-state index is 0.0440. The van der Waals surface area contributed by atoms with Gasteiger partial charge in [-0.1, -0.05) is 154 Å². The predicted molar refractivity (Wildman–Crippen MR) is 202 cm³/mol. The van der Waals surface area contributed by atoms with Gasteiger partial charge < -0.3 is 10.2 Å². The van der Waals surface area contributed by atoms with E-state index in [-0.39, 0.29) is 33.2 Å². The molecule has 0 aliphatic carbocycles. The fourth-order valence-electron chi connectivity index (χ4n) is 7.82. The number of phenols is 2. The van der Waals surface area contributed by atoms with Gasteiger partial charge in [0.15, 0.2) is 0 Å².